The first-order valence-electron chi connectivity index (χ1n) is 8.23. The van der Waals surface area contributed by atoms with Crippen molar-refractivity contribution in [1.29, 1.82) is 0 Å². The molecule has 0 aliphatic rings. The van der Waals surface area contributed by atoms with Gasteiger partial charge in [0.1, 0.15) is 0 Å². The lowest BCUT2D eigenvalue weighted by Crippen LogP contribution is -2.24. The van der Waals surface area contributed by atoms with Crippen molar-refractivity contribution in [2.45, 2.75) is 26.3 Å². The van der Waals surface area contributed by atoms with E-state index in [-0.39, 0.29) is 17.9 Å². The molecule has 0 saturated carbocycles. The van der Waals surface area contributed by atoms with E-state index in [2.05, 4.69) is 10.6 Å². The van der Waals surface area contributed by atoms with E-state index in [4.69, 9.17) is 23.2 Å². The van der Waals surface area contributed by atoms with Crippen molar-refractivity contribution in [3.05, 3.63) is 69.7 Å². The second kappa shape index (κ2) is 9.41. The normalized spacial score (nSPS) is 12.0. The van der Waals surface area contributed by atoms with E-state index in [1.165, 1.54) is 6.08 Å². The summed E-state index contributed by atoms with van der Waals surface area (Å²) in [6, 6.07) is 12.4. The van der Waals surface area contributed by atoms with Crippen LogP contribution in [0.3, 0.4) is 0 Å². The van der Waals surface area contributed by atoms with Crippen LogP contribution >= 0.6 is 23.2 Å². The zero-order valence-corrected chi connectivity index (χ0v) is 16.1. The number of halogens is 2. The third-order valence-electron chi connectivity index (χ3n) is 3.77. The number of carbonyl (C=O) groups excluding carboxylic acids is 2. The summed E-state index contributed by atoms with van der Waals surface area (Å²) < 4.78 is 0. The van der Waals surface area contributed by atoms with Crippen LogP contribution in [-0.2, 0) is 9.59 Å². The lowest BCUT2D eigenvalue weighted by molar-refractivity contribution is -0.117. The van der Waals surface area contributed by atoms with Crippen LogP contribution in [0.1, 0.15) is 37.4 Å². The average molecular weight is 391 g/mol. The van der Waals surface area contributed by atoms with E-state index in [0.29, 0.717) is 22.0 Å². The highest BCUT2D eigenvalue weighted by Crippen LogP contribution is 2.26. The molecule has 26 heavy (non-hydrogen) atoms. The topological polar surface area (TPSA) is 58.2 Å². The molecule has 2 aromatic carbocycles. The van der Waals surface area contributed by atoms with Crippen molar-refractivity contribution in [2.24, 2.45) is 0 Å². The van der Waals surface area contributed by atoms with E-state index >= 15 is 0 Å². The predicted molar refractivity (Wildman–Crippen MR) is 107 cm³/mol. The minimum Gasteiger partial charge on any atom is -0.346 e. The molecule has 1 unspecified atom stereocenters. The molecule has 4 nitrogen and oxygen atoms in total. The second-order valence-corrected chi connectivity index (χ2v) is 6.52. The summed E-state index contributed by atoms with van der Waals surface area (Å²) in [7, 11) is 0. The van der Waals surface area contributed by atoms with Gasteiger partial charge in [-0.25, -0.2) is 0 Å². The maximum Gasteiger partial charge on any atom is 0.244 e. The summed E-state index contributed by atoms with van der Waals surface area (Å²) >= 11 is 12.0. The van der Waals surface area contributed by atoms with Gasteiger partial charge in [0.05, 0.1) is 16.1 Å². The molecule has 136 valence electrons. The van der Waals surface area contributed by atoms with Crippen LogP contribution in [0.4, 0.5) is 5.69 Å². The Morgan fingerprint density at radius 1 is 1.12 bits per heavy atom. The van der Waals surface area contributed by atoms with Gasteiger partial charge in [0.15, 0.2) is 0 Å². The molecule has 2 rings (SSSR count). The minimum atomic E-state index is -0.239. The third kappa shape index (κ3) is 5.61. The fourth-order valence-electron chi connectivity index (χ4n) is 2.26. The third-order valence-corrected chi connectivity index (χ3v) is 4.60. The summed E-state index contributed by atoms with van der Waals surface area (Å²) in [5.74, 6) is -0.277. The number of rotatable bonds is 6. The summed E-state index contributed by atoms with van der Waals surface area (Å²) in [6.07, 6.45) is 3.47. The molecule has 0 fully saturated rings. The van der Waals surface area contributed by atoms with Crippen LogP contribution in [-0.4, -0.2) is 11.8 Å². The fourth-order valence-corrected chi connectivity index (χ4v) is 2.63. The largest absolute Gasteiger partial charge is 0.346 e. The molecule has 0 radical (unpaired) electrons. The highest BCUT2D eigenvalue weighted by Gasteiger charge is 2.08. The highest BCUT2D eigenvalue weighted by atomic mass is 35.5. The number of nitrogens with one attached hydrogen (secondary N) is 2. The van der Waals surface area contributed by atoms with Crippen LogP contribution in [0, 0.1) is 0 Å². The first-order chi connectivity index (χ1) is 12.4. The van der Waals surface area contributed by atoms with Crippen LogP contribution in [0.25, 0.3) is 6.08 Å². The Balaban J connectivity index is 1.97. The molecule has 2 aromatic rings. The quantitative estimate of drug-likeness (QED) is 0.663. The summed E-state index contributed by atoms with van der Waals surface area (Å²) in [5, 5.41) is 6.52. The Morgan fingerprint density at radius 3 is 2.46 bits per heavy atom. The van der Waals surface area contributed by atoms with Gasteiger partial charge >= 0.3 is 0 Å². The number of carbonyl (C=O) groups is 2. The van der Waals surface area contributed by atoms with Gasteiger partial charge in [0.2, 0.25) is 11.8 Å². The zero-order chi connectivity index (χ0) is 19.1. The molecule has 0 aliphatic carbocycles. The molecule has 0 aliphatic heterocycles. The van der Waals surface area contributed by atoms with E-state index in [1.807, 2.05) is 31.2 Å². The predicted octanol–water partition coefficient (Wildman–Crippen LogP) is 5.23. The van der Waals surface area contributed by atoms with Crippen molar-refractivity contribution < 1.29 is 9.59 Å². The van der Waals surface area contributed by atoms with Gasteiger partial charge in [-0.1, -0.05) is 54.4 Å². The second-order valence-electron chi connectivity index (χ2n) is 5.73. The number of benzene rings is 2. The van der Waals surface area contributed by atoms with Crippen molar-refractivity contribution in [2.75, 3.05) is 5.32 Å². The van der Waals surface area contributed by atoms with E-state index in [9.17, 15) is 9.59 Å². The number of amides is 2. The van der Waals surface area contributed by atoms with Gasteiger partial charge in [-0.3, -0.25) is 9.59 Å². The zero-order valence-electron chi connectivity index (χ0n) is 14.6. The molecule has 0 spiro atoms. The maximum absolute atomic E-state index is 12.1. The van der Waals surface area contributed by atoms with Gasteiger partial charge in [0, 0.05) is 18.2 Å². The fraction of sp³-hybridized carbons (Fsp3) is 0.200. The van der Waals surface area contributed by atoms with Crippen LogP contribution in [0.2, 0.25) is 10.0 Å². The van der Waals surface area contributed by atoms with E-state index < -0.39 is 0 Å². The molecule has 2 N–H and O–H groups in total. The lowest BCUT2D eigenvalue weighted by atomic mass is 10.1. The van der Waals surface area contributed by atoms with Gasteiger partial charge in [-0.2, -0.15) is 0 Å². The first kappa shape index (κ1) is 20.0. The Morgan fingerprint density at radius 2 is 1.81 bits per heavy atom. The molecular formula is C20H20Cl2N2O2. The summed E-state index contributed by atoms with van der Waals surface area (Å²) in [5.41, 5.74) is 2.34. The van der Waals surface area contributed by atoms with Crippen molar-refractivity contribution in [1.82, 2.24) is 5.32 Å². The number of anilines is 1. The van der Waals surface area contributed by atoms with Crippen molar-refractivity contribution in [3.63, 3.8) is 0 Å². The van der Waals surface area contributed by atoms with Crippen LogP contribution < -0.4 is 10.6 Å². The molecule has 0 saturated heterocycles. The molecule has 6 heteroatoms. The Hall–Kier alpha value is -2.30. The minimum absolute atomic E-state index is 0.0380. The average Bonchev–Trinajstić information content (AvgIpc) is 2.63. The summed E-state index contributed by atoms with van der Waals surface area (Å²) in [6.45, 7) is 3.68. The molecule has 0 aromatic heterocycles. The summed E-state index contributed by atoms with van der Waals surface area (Å²) in [4.78, 5) is 23.5. The first-order valence-corrected chi connectivity index (χ1v) is 8.98. The molecule has 1 atom stereocenters. The molecular weight excluding hydrogens is 371 g/mol. The van der Waals surface area contributed by atoms with Crippen LogP contribution in [0.15, 0.2) is 48.5 Å². The van der Waals surface area contributed by atoms with Crippen LogP contribution in [0.5, 0.6) is 0 Å². The smallest absolute Gasteiger partial charge is 0.244 e. The molecule has 0 heterocycles. The Bertz CT molecular complexity index is 817. The standard InChI is InChI=1S/C20H20Cl2N2O2/c1-3-18(25)24-16-10-7-14(8-11-16)13(2)23-19(26)12-9-15-5-4-6-17(21)20(15)22/h4-13H,3H2,1-2H3,(H,23,26)(H,24,25)/b12-9+. The van der Waals surface area contributed by atoms with Gasteiger partial charge in [-0.15, -0.1) is 0 Å². The van der Waals surface area contributed by atoms with Gasteiger partial charge in [0.25, 0.3) is 0 Å². The number of hydrogen-bond acceptors (Lipinski definition) is 2. The Labute approximate surface area is 163 Å². The molecule has 2 amide bonds. The number of hydrogen-bond donors (Lipinski definition) is 2. The maximum atomic E-state index is 12.1. The van der Waals surface area contributed by atoms with E-state index in [0.717, 1.165) is 11.3 Å². The van der Waals surface area contributed by atoms with Gasteiger partial charge < -0.3 is 10.6 Å². The lowest BCUT2D eigenvalue weighted by Gasteiger charge is -2.14. The van der Waals surface area contributed by atoms with Crippen molar-refractivity contribution >= 4 is 46.8 Å². The Kier molecular flexibility index (Phi) is 7.25. The molecule has 0 bridgehead atoms. The SMILES string of the molecule is CCC(=O)Nc1ccc(C(C)NC(=O)/C=C/c2cccc(Cl)c2Cl)cc1. The highest BCUT2D eigenvalue weighted by molar-refractivity contribution is 6.42. The van der Waals surface area contributed by atoms with Crippen molar-refractivity contribution in [3.8, 4) is 0 Å². The van der Waals surface area contributed by atoms with Gasteiger partial charge in [-0.05, 0) is 42.3 Å². The monoisotopic (exact) mass is 390 g/mol. The van der Waals surface area contributed by atoms with E-state index in [1.54, 1.807) is 31.2 Å².